The van der Waals surface area contributed by atoms with E-state index < -0.39 is 0 Å². The average Bonchev–Trinajstić information content (AvgIpc) is 2.83. The fourth-order valence-corrected chi connectivity index (χ4v) is 2.37. The van der Waals surface area contributed by atoms with Crippen molar-refractivity contribution in [3.05, 3.63) is 16.6 Å². The molecule has 1 aromatic rings. The molecule has 0 N–H and O–H groups in total. The van der Waals surface area contributed by atoms with Crippen LogP contribution in [0.15, 0.2) is 11.6 Å². The lowest BCUT2D eigenvalue weighted by Crippen LogP contribution is -2.30. The summed E-state index contributed by atoms with van der Waals surface area (Å²) in [7, 11) is 0. The number of rotatable bonds is 3. The summed E-state index contributed by atoms with van der Waals surface area (Å²) in [6, 6.07) is 0. The predicted molar refractivity (Wildman–Crippen MR) is 56.7 cm³/mol. The molecule has 80 valence electrons. The van der Waals surface area contributed by atoms with E-state index in [1.165, 1.54) is 0 Å². The number of nitrogens with zero attached hydrogens (tertiary/aromatic N) is 2. The molecular weight excluding hydrogens is 212 g/mol. The van der Waals surface area contributed by atoms with Crippen LogP contribution in [0.3, 0.4) is 0 Å². The van der Waals surface area contributed by atoms with E-state index in [-0.39, 0.29) is 17.6 Å². The number of carbonyl (C=O) groups is 2. The van der Waals surface area contributed by atoms with Crippen molar-refractivity contribution in [2.75, 3.05) is 13.1 Å². The van der Waals surface area contributed by atoms with Gasteiger partial charge in [0.25, 0.3) is 5.91 Å². The first-order valence-electron chi connectivity index (χ1n) is 4.90. The van der Waals surface area contributed by atoms with Gasteiger partial charge in [-0.05, 0) is 0 Å². The smallest absolute Gasteiger partial charge is 0.290 e. The van der Waals surface area contributed by atoms with Crippen molar-refractivity contribution in [1.29, 1.82) is 0 Å². The highest BCUT2D eigenvalue weighted by Gasteiger charge is 2.30. The molecule has 4 nitrogen and oxygen atoms in total. The van der Waals surface area contributed by atoms with Crippen molar-refractivity contribution in [2.45, 2.75) is 19.3 Å². The second-order valence-corrected chi connectivity index (χ2v) is 4.62. The number of ketones is 1. The van der Waals surface area contributed by atoms with Crippen LogP contribution in [-0.2, 0) is 9.59 Å². The maximum Gasteiger partial charge on any atom is 0.290 e. The summed E-state index contributed by atoms with van der Waals surface area (Å²) in [5, 5.41) is 2.94. The summed E-state index contributed by atoms with van der Waals surface area (Å²) >= 11 is 1.58. The van der Waals surface area contributed by atoms with Crippen LogP contribution in [-0.4, -0.2) is 34.7 Å². The van der Waals surface area contributed by atoms with E-state index in [4.69, 9.17) is 0 Å². The van der Waals surface area contributed by atoms with Crippen molar-refractivity contribution < 1.29 is 9.59 Å². The van der Waals surface area contributed by atoms with Gasteiger partial charge in [-0.1, -0.05) is 6.92 Å². The van der Waals surface area contributed by atoms with E-state index in [0.29, 0.717) is 19.5 Å². The number of hydrogen-bond donors (Lipinski definition) is 0. The van der Waals surface area contributed by atoms with Gasteiger partial charge in [-0.2, -0.15) is 0 Å². The maximum atomic E-state index is 11.4. The zero-order chi connectivity index (χ0) is 10.8. The lowest BCUT2D eigenvalue weighted by atomic mass is 10.2. The second-order valence-electron chi connectivity index (χ2n) is 3.70. The Morgan fingerprint density at radius 3 is 2.93 bits per heavy atom. The molecule has 0 bridgehead atoms. The van der Waals surface area contributed by atoms with Crippen molar-refractivity contribution in [1.82, 2.24) is 9.88 Å². The van der Waals surface area contributed by atoms with Crippen molar-refractivity contribution in [3.8, 4) is 0 Å². The molecular formula is C10H12N2O2S. The monoisotopic (exact) mass is 224 g/mol. The van der Waals surface area contributed by atoms with Gasteiger partial charge in [0, 0.05) is 37.0 Å². The van der Waals surface area contributed by atoms with Gasteiger partial charge >= 0.3 is 0 Å². The molecule has 1 saturated heterocycles. The Morgan fingerprint density at radius 1 is 1.60 bits per heavy atom. The number of aromatic nitrogens is 1. The van der Waals surface area contributed by atoms with Crippen molar-refractivity contribution in [2.24, 2.45) is 0 Å². The fraction of sp³-hybridized carbons (Fsp3) is 0.500. The fourth-order valence-electron chi connectivity index (χ4n) is 1.68. The molecule has 15 heavy (non-hydrogen) atoms. The molecule has 0 radical (unpaired) electrons. The Hall–Kier alpha value is -1.23. The van der Waals surface area contributed by atoms with Crippen LogP contribution < -0.4 is 0 Å². The van der Waals surface area contributed by atoms with Gasteiger partial charge < -0.3 is 4.90 Å². The quantitative estimate of drug-likeness (QED) is 0.721. The molecule has 2 heterocycles. The summed E-state index contributed by atoms with van der Waals surface area (Å²) < 4.78 is 0. The van der Waals surface area contributed by atoms with Crippen LogP contribution in [0.1, 0.15) is 24.3 Å². The molecule has 1 aromatic heterocycles. The Morgan fingerprint density at radius 2 is 2.40 bits per heavy atom. The summed E-state index contributed by atoms with van der Waals surface area (Å²) in [4.78, 5) is 28.2. The minimum absolute atomic E-state index is 0.208. The zero-order valence-corrected chi connectivity index (χ0v) is 9.29. The van der Waals surface area contributed by atoms with Gasteiger partial charge in [0.2, 0.25) is 5.78 Å². The Bertz CT molecular complexity index is 375. The first kappa shape index (κ1) is 10.3. The molecule has 2 rings (SSSR count). The van der Waals surface area contributed by atoms with E-state index in [1.54, 1.807) is 22.4 Å². The van der Waals surface area contributed by atoms with Gasteiger partial charge in [0.1, 0.15) is 0 Å². The van der Waals surface area contributed by atoms with Gasteiger partial charge in [-0.15, -0.1) is 11.3 Å². The van der Waals surface area contributed by atoms with Crippen LogP contribution in [0, 0.1) is 0 Å². The molecule has 1 unspecified atom stereocenters. The van der Waals surface area contributed by atoms with E-state index in [9.17, 15) is 9.59 Å². The van der Waals surface area contributed by atoms with Crippen LogP contribution >= 0.6 is 11.3 Å². The standard InChI is InChI=1S/C10H12N2O2S/c1-7(9-11-3-5-15-9)6-12-4-2-8(13)10(12)14/h3,5,7H,2,4,6H2,1H3. The highest BCUT2D eigenvalue weighted by Crippen LogP contribution is 2.20. The number of Topliss-reactive ketones (excluding diaryl/α,β-unsaturated/α-hetero) is 1. The maximum absolute atomic E-state index is 11.4. The van der Waals surface area contributed by atoms with Crippen molar-refractivity contribution in [3.63, 3.8) is 0 Å². The summed E-state index contributed by atoms with van der Waals surface area (Å²) in [6.45, 7) is 3.18. The average molecular weight is 224 g/mol. The van der Waals surface area contributed by atoms with Crippen LogP contribution in [0.5, 0.6) is 0 Å². The Labute approximate surface area is 91.9 Å². The third-order valence-corrected chi connectivity index (χ3v) is 3.51. The third kappa shape index (κ3) is 2.07. The second kappa shape index (κ2) is 4.10. The minimum atomic E-state index is -0.335. The first-order chi connectivity index (χ1) is 7.18. The van der Waals surface area contributed by atoms with E-state index in [2.05, 4.69) is 4.98 Å². The van der Waals surface area contributed by atoms with E-state index >= 15 is 0 Å². The molecule has 0 spiro atoms. The number of likely N-dealkylation sites (tertiary alicyclic amines) is 1. The first-order valence-corrected chi connectivity index (χ1v) is 5.78. The van der Waals surface area contributed by atoms with E-state index in [0.717, 1.165) is 5.01 Å². The molecule has 5 heteroatoms. The van der Waals surface area contributed by atoms with Gasteiger partial charge in [-0.3, -0.25) is 9.59 Å². The molecule has 1 aliphatic rings. The minimum Gasteiger partial charge on any atom is -0.335 e. The highest BCUT2D eigenvalue weighted by molar-refractivity contribution is 7.09. The van der Waals surface area contributed by atoms with Gasteiger partial charge in [0.15, 0.2) is 0 Å². The molecule has 0 aliphatic carbocycles. The largest absolute Gasteiger partial charge is 0.335 e. The molecule has 1 aliphatic heterocycles. The SMILES string of the molecule is CC(CN1CCC(=O)C1=O)c1nccs1. The lowest BCUT2D eigenvalue weighted by Gasteiger charge is -2.18. The normalized spacial score (nSPS) is 18.6. The molecule has 1 fully saturated rings. The zero-order valence-electron chi connectivity index (χ0n) is 8.47. The summed E-state index contributed by atoms with van der Waals surface area (Å²) in [6.07, 6.45) is 2.12. The van der Waals surface area contributed by atoms with Crippen molar-refractivity contribution >= 4 is 23.0 Å². The predicted octanol–water partition coefficient (Wildman–Crippen LogP) is 1.05. The van der Waals surface area contributed by atoms with Gasteiger partial charge in [-0.25, -0.2) is 4.98 Å². The number of thiazole rings is 1. The third-order valence-electron chi connectivity index (χ3n) is 2.50. The Balaban J connectivity index is 1.98. The Kier molecular flexibility index (Phi) is 2.81. The topological polar surface area (TPSA) is 50.3 Å². The van der Waals surface area contributed by atoms with Crippen LogP contribution in [0.2, 0.25) is 0 Å². The number of amides is 1. The number of hydrogen-bond acceptors (Lipinski definition) is 4. The van der Waals surface area contributed by atoms with Crippen LogP contribution in [0.25, 0.3) is 0 Å². The summed E-state index contributed by atoms with van der Waals surface area (Å²) in [5.74, 6) is -0.389. The molecule has 0 saturated carbocycles. The van der Waals surface area contributed by atoms with Gasteiger partial charge in [0.05, 0.1) is 5.01 Å². The number of carbonyl (C=O) groups excluding carboxylic acids is 2. The van der Waals surface area contributed by atoms with E-state index in [1.807, 2.05) is 12.3 Å². The summed E-state index contributed by atoms with van der Waals surface area (Å²) in [5.41, 5.74) is 0. The molecule has 1 atom stereocenters. The molecule has 0 aromatic carbocycles. The van der Waals surface area contributed by atoms with Crippen LogP contribution in [0.4, 0.5) is 0 Å². The molecule has 1 amide bonds. The highest BCUT2D eigenvalue weighted by atomic mass is 32.1. The lowest BCUT2D eigenvalue weighted by molar-refractivity contribution is -0.140.